The molecular formula is C15H17N3O3. The largest absolute Gasteiger partial charge is 0.480 e. The second-order valence-corrected chi connectivity index (χ2v) is 5.17. The molecule has 1 aromatic heterocycles. The number of aliphatic carboxylic acids is 1. The quantitative estimate of drug-likeness (QED) is 0.921. The van der Waals surface area contributed by atoms with Crippen molar-refractivity contribution in [2.75, 3.05) is 0 Å². The molecule has 6 heteroatoms. The fraction of sp³-hybridized carbons (Fsp3) is 0.400. The molecule has 1 unspecified atom stereocenters. The van der Waals surface area contributed by atoms with Crippen LogP contribution in [-0.4, -0.2) is 32.2 Å². The summed E-state index contributed by atoms with van der Waals surface area (Å²) in [6.07, 6.45) is 1.18. The minimum Gasteiger partial charge on any atom is -0.480 e. The van der Waals surface area contributed by atoms with Gasteiger partial charge in [0.1, 0.15) is 6.04 Å². The van der Waals surface area contributed by atoms with E-state index in [0.717, 1.165) is 11.1 Å². The highest BCUT2D eigenvalue weighted by Gasteiger charge is 2.32. The molecule has 0 saturated carbocycles. The maximum absolute atomic E-state index is 11.5. The smallest absolute Gasteiger partial charge is 0.321 e. The highest BCUT2D eigenvalue weighted by Crippen LogP contribution is 2.24. The van der Waals surface area contributed by atoms with Gasteiger partial charge in [-0.15, -0.1) is 10.2 Å². The predicted molar refractivity (Wildman–Crippen MR) is 74.5 cm³/mol. The zero-order chi connectivity index (χ0) is 14.8. The molecule has 0 radical (unpaired) electrons. The Morgan fingerprint density at radius 2 is 2.05 bits per heavy atom. The van der Waals surface area contributed by atoms with E-state index in [9.17, 15) is 9.90 Å². The van der Waals surface area contributed by atoms with Gasteiger partial charge in [-0.3, -0.25) is 9.69 Å². The number of carbonyl (C=O) groups is 1. The fourth-order valence-electron chi connectivity index (χ4n) is 2.66. The average molecular weight is 287 g/mol. The Hall–Kier alpha value is -2.21. The first kappa shape index (κ1) is 13.8. The number of hydrogen-bond donors (Lipinski definition) is 1. The van der Waals surface area contributed by atoms with Crippen LogP contribution in [0.4, 0.5) is 0 Å². The molecule has 1 aliphatic heterocycles. The molecule has 0 spiro atoms. The molecule has 1 N–H and O–H groups in total. The monoisotopic (exact) mass is 287 g/mol. The van der Waals surface area contributed by atoms with E-state index in [0.29, 0.717) is 37.7 Å². The molecule has 6 nitrogen and oxygen atoms in total. The van der Waals surface area contributed by atoms with Crippen LogP contribution >= 0.6 is 0 Å². The molecule has 1 aliphatic rings. The highest BCUT2D eigenvalue weighted by atomic mass is 16.4. The first-order valence-corrected chi connectivity index (χ1v) is 7.02. The molecule has 1 atom stereocenters. The second kappa shape index (κ2) is 5.65. The van der Waals surface area contributed by atoms with Gasteiger partial charge in [0, 0.05) is 13.0 Å². The number of aromatic nitrogens is 2. The van der Waals surface area contributed by atoms with Gasteiger partial charge in [0.2, 0.25) is 11.8 Å². The topological polar surface area (TPSA) is 79.5 Å². The molecule has 3 rings (SSSR count). The van der Waals surface area contributed by atoms with Crippen molar-refractivity contribution in [3.63, 3.8) is 0 Å². The van der Waals surface area contributed by atoms with Gasteiger partial charge in [-0.1, -0.05) is 31.2 Å². The van der Waals surface area contributed by atoms with Gasteiger partial charge in [0.15, 0.2) is 0 Å². The summed E-state index contributed by atoms with van der Waals surface area (Å²) >= 11 is 0. The van der Waals surface area contributed by atoms with Crippen LogP contribution < -0.4 is 0 Å². The third-order valence-corrected chi connectivity index (χ3v) is 3.78. The Morgan fingerprint density at radius 3 is 2.71 bits per heavy atom. The molecule has 0 saturated heterocycles. The zero-order valence-corrected chi connectivity index (χ0v) is 11.8. The Balaban J connectivity index is 1.83. The van der Waals surface area contributed by atoms with Crippen molar-refractivity contribution >= 4 is 5.97 Å². The molecule has 21 heavy (non-hydrogen) atoms. The fourth-order valence-corrected chi connectivity index (χ4v) is 2.66. The lowest BCUT2D eigenvalue weighted by molar-refractivity contribution is -0.144. The van der Waals surface area contributed by atoms with Gasteiger partial charge in [0.25, 0.3) is 0 Å². The minimum absolute atomic E-state index is 0.359. The van der Waals surface area contributed by atoms with E-state index < -0.39 is 12.0 Å². The summed E-state index contributed by atoms with van der Waals surface area (Å²) in [5.74, 6) is 0.228. The summed E-state index contributed by atoms with van der Waals surface area (Å²) in [5.41, 5.74) is 2.26. The van der Waals surface area contributed by atoms with Crippen molar-refractivity contribution in [2.45, 2.75) is 38.9 Å². The minimum atomic E-state index is -0.820. The van der Waals surface area contributed by atoms with E-state index in [4.69, 9.17) is 4.42 Å². The van der Waals surface area contributed by atoms with Crippen LogP contribution in [0.2, 0.25) is 0 Å². The van der Waals surface area contributed by atoms with Crippen molar-refractivity contribution in [2.24, 2.45) is 0 Å². The second-order valence-electron chi connectivity index (χ2n) is 5.17. The molecule has 0 amide bonds. The van der Waals surface area contributed by atoms with E-state index >= 15 is 0 Å². The van der Waals surface area contributed by atoms with E-state index in [1.807, 2.05) is 36.1 Å². The number of carboxylic acids is 1. The Labute approximate surface area is 122 Å². The number of fused-ring (bicyclic) bond motifs is 1. The molecule has 2 aromatic rings. The van der Waals surface area contributed by atoms with Gasteiger partial charge in [0.05, 0.1) is 6.54 Å². The molecule has 0 fully saturated rings. The van der Waals surface area contributed by atoms with E-state index in [2.05, 4.69) is 10.2 Å². The average Bonchev–Trinajstić information content (AvgIpc) is 2.94. The maximum atomic E-state index is 11.5. The molecule has 0 aliphatic carbocycles. The molecule has 0 bridgehead atoms. The molecule has 110 valence electrons. The maximum Gasteiger partial charge on any atom is 0.321 e. The van der Waals surface area contributed by atoms with Crippen molar-refractivity contribution in [3.05, 3.63) is 47.2 Å². The van der Waals surface area contributed by atoms with Crippen LogP contribution in [0.25, 0.3) is 0 Å². The van der Waals surface area contributed by atoms with Crippen LogP contribution in [0.5, 0.6) is 0 Å². The highest BCUT2D eigenvalue weighted by molar-refractivity contribution is 5.74. The standard InChI is InChI=1S/C15H17N3O3/c1-2-13-16-17-14(21-13)9-18-8-11-6-4-3-5-10(11)7-12(18)15(19)20/h3-6,12H,2,7-9H2,1H3,(H,19,20). The molecular weight excluding hydrogens is 270 g/mol. The zero-order valence-electron chi connectivity index (χ0n) is 11.8. The van der Waals surface area contributed by atoms with E-state index in [1.54, 1.807) is 0 Å². The van der Waals surface area contributed by atoms with Crippen molar-refractivity contribution in [3.8, 4) is 0 Å². The lowest BCUT2D eigenvalue weighted by Gasteiger charge is -2.33. The van der Waals surface area contributed by atoms with Gasteiger partial charge in [-0.2, -0.15) is 0 Å². The lowest BCUT2D eigenvalue weighted by atomic mass is 9.94. The number of benzene rings is 1. The Bertz CT molecular complexity index is 653. The van der Waals surface area contributed by atoms with Gasteiger partial charge >= 0.3 is 5.97 Å². The van der Waals surface area contributed by atoms with Crippen LogP contribution in [0.1, 0.15) is 29.8 Å². The van der Waals surface area contributed by atoms with Crippen LogP contribution in [0.15, 0.2) is 28.7 Å². The summed E-state index contributed by atoms with van der Waals surface area (Å²) in [4.78, 5) is 13.4. The number of aryl methyl sites for hydroxylation is 1. The first-order chi connectivity index (χ1) is 10.2. The number of nitrogens with zero attached hydrogens (tertiary/aromatic N) is 3. The number of hydrogen-bond acceptors (Lipinski definition) is 5. The summed E-state index contributed by atoms with van der Waals surface area (Å²) in [6, 6.07) is 7.38. The van der Waals surface area contributed by atoms with Crippen LogP contribution in [0, 0.1) is 0 Å². The Kier molecular flexibility index (Phi) is 3.70. The number of carboxylic acid groups (broad SMARTS) is 1. The van der Waals surface area contributed by atoms with E-state index in [-0.39, 0.29) is 0 Å². The van der Waals surface area contributed by atoms with Gasteiger partial charge in [-0.05, 0) is 17.5 Å². The first-order valence-electron chi connectivity index (χ1n) is 7.02. The summed E-state index contributed by atoms with van der Waals surface area (Å²) in [6.45, 7) is 2.88. The van der Waals surface area contributed by atoms with Crippen LogP contribution in [-0.2, 0) is 30.7 Å². The predicted octanol–water partition coefficient (Wildman–Crippen LogP) is 1.64. The molecule has 1 aromatic carbocycles. The summed E-state index contributed by atoms with van der Waals surface area (Å²) in [7, 11) is 0. The normalized spacial score (nSPS) is 18.4. The lowest BCUT2D eigenvalue weighted by Crippen LogP contribution is -2.45. The van der Waals surface area contributed by atoms with Gasteiger partial charge < -0.3 is 9.52 Å². The third-order valence-electron chi connectivity index (χ3n) is 3.78. The third kappa shape index (κ3) is 2.80. The van der Waals surface area contributed by atoms with Crippen molar-refractivity contribution in [1.82, 2.24) is 15.1 Å². The van der Waals surface area contributed by atoms with Gasteiger partial charge in [-0.25, -0.2) is 0 Å². The van der Waals surface area contributed by atoms with E-state index in [1.165, 1.54) is 0 Å². The summed E-state index contributed by atoms with van der Waals surface area (Å²) in [5, 5.41) is 17.4. The molecule has 2 heterocycles. The van der Waals surface area contributed by atoms with Crippen molar-refractivity contribution < 1.29 is 14.3 Å². The summed E-state index contributed by atoms with van der Waals surface area (Å²) < 4.78 is 5.49. The Morgan fingerprint density at radius 1 is 1.33 bits per heavy atom. The SMILES string of the molecule is CCc1nnc(CN2Cc3ccccc3CC2C(=O)O)o1. The van der Waals surface area contributed by atoms with Crippen molar-refractivity contribution in [1.29, 1.82) is 0 Å². The number of rotatable bonds is 4. The van der Waals surface area contributed by atoms with Crippen LogP contribution in [0.3, 0.4) is 0 Å².